The van der Waals surface area contributed by atoms with Gasteiger partial charge in [-0.05, 0) is 19.1 Å². The first-order chi connectivity index (χ1) is 11.0. The van der Waals surface area contributed by atoms with E-state index in [-0.39, 0.29) is 25.6 Å². The molecule has 23 heavy (non-hydrogen) atoms. The number of carboxylic acids is 1. The Bertz CT molecular complexity index is 653. The Morgan fingerprint density at radius 2 is 2.30 bits per heavy atom. The smallest absolute Gasteiger partial charge is 0.308 e. The molecule has 0 aliphatic carbocycles. The molecule has 0 radical (unpaired) electrons. The molecule has 7 heteroatoms. The number of ether oxygens (including phenoxy) is 1. The summed E-state index contributed by atoms with van der Waals surface area (Å²) >= 11 is 0. The fourth-order valence-corrected chi connectivity index (χ4v) is 2.49. The van der Waals surface area contributed by atoms with Gasteiger partial charge in [-0.2, -0.15) is 5.26 Å². The van der Waals surface area contributed by atoms with E-state index in [9.17, 15) is 9.59 Å². The Balaban J connectivity index is 2.30. The molecule has 0 bridgehead atoms. The summed E-state index contributed by atoms with van der Waals surface area (Å²) in [4.78, 5) is 26.2. The summed E-state index contributed by atoms with van der Waals surface area (Å²) in [6, 6.07) is 7.33. The molecule has 1 amide bonds. The van der Waals surface area contributed by atoms with Crippen LogP contribution in [-0.4, -0.2) is 43.2 Å². The van der Waals surface area contributed by atoms with Crippen molar-refractivity contribution in [2.45, 2.75) is 13.8 Å². The van der Waals surface area contributed by atoms with E-state index in [4.69, 9.17) is 15.1 Å². The molecule has 7 nitrogen and oxygen atoms in total. The third kappa shape index (κ3) is 3.54. The van der Waals surface area contributed by atoms with Crippen molar-refractivity contribution in [1.29, 1.82) is 5.26 Å². The quantitative estimate of drug-likeness (QED) is 0.799. The number of aliphatic carboxylic acids is 1. The number of hydrogen-bond acceptors (Lipinski definition) is 5. The van der Waals surface area contributed by atoms with Gasteiger partial charge in [0.25, 0.3) is 5.91 Å². The van der Waals surface area contributed by atoms with Gasteiger partial charge in [-0.25, -0.2) is 0 Å². The van der Waals surface area contributed by atoms with Crippen LogP contribution in [0.3, 0.4) is 0 Å². The van der Waals surface area contributed by atoms with Crippen LogP contribution in [-0.2, 0) is 9.59 Å². The van der Waals surface area contributed by atoms with E-state index in [0.717, 1.165) is 0 Å². The number of benzene rings is 1. The maximum absolute atomic E-state index is 11.8. The van der Waals surface area contributed by atoms with Gasteiger partial charge in [0.15, 0.2) is 6.61 Å². The largest absolute Gasteiger partial charge is 0.481 e. The van der Waals surface area contributed by atoms with E-state index in [1.54, 1.807) is 34.9 Å². The first-order valence-electron chi connectivity index (χ1n) is 7.39. The van der Waals surface area contributed by atoms with Gasteiger partial charge in [0.2, 0.25) is 0 Å². The third-order valence-corrected chi connectivity index (χ3v) is 3.75. The molecule has 1 aliphatic heterocycles. The van der Waals surface area contributed by atoms with Crippen LogP contribution in [0.25, 0.3) is 0 Å². The highest BCUT2D eigenvalue weighted by atomic mass is 16.5. The van der Waals surface area contributed by atoms with E-state index >= 15 is 0 Å². The minimum atomic E-state index is -0.912. The van der Waals surface area contributed by atoms with E-state index in [2.05, 4.69) is 0 Å². The van der Waals surface area contributed by atoms with E-state index in [0.29, 0.717) is 23.7 Å². The molecular weight excluding hydrogens is 298 g/mol. The predicted octanol–water partition coefficient (Wildman–Crippen LogP) is 1.48. The molecule has 1 atom stereocenters. The first-order valence-corrected chi connectivity index (χ1v) is 7.39. The highest BCUT2D eigenvalue weighted by Crippen LogP contribution is 2.35. The molecule has 2 rings (SSSR count). The molecule has 0 aromatic heterocycles. The lowest BCUT2D eigenvalue weighted by Crippen LogP contribution is -2.38. The molecule has 0 saturated heterocycles. The fourth-order valence-electron chi connectivity index (χ4n) is 2.49. The zero-order valence-electron chi connectivity index (χ0n) is 13.2. The Hall–Kier alpha value is -2.75. The standard InChI is InChI=1S/C16H19N3O4/c1-3-19-13-5-4-12(8-14(13)23-10-15(19)20)18(7-6-17)9-11(2)16(21)22/h4-5,8,11H,3,7,9-10H2,1-2H3,(H,21,22). The predicted molar refractivity (Wildman–Crippen MR) is 84.6 cm³/mol. The Labute approximate surface area is 134 Å². The van der Waals surface area contributed by atoms with Crippen LogP contribution in [0, 0.1) is 17.2 Å². The first kappa shape index (κ1) is 16.6. The number of likely N-dealkylation sites (N-methyl/N-ethyl adjacent to an activating group) is 1. The monoisotopic (exact) mass is 317 g/mol. The van der Waals surface area contributed by atoms with E-state index in [1.807, 2.05) is 13.0 Å². The zero-order valence-corrected chi connectivity index (χ0v) is 13.2. The maximum atomic E-state index is 11.8. The summed E-state index contributed by atoms with van der Waals surface area (Å²) in [7, 11) is 0. The molecule has 1 unspecified atom stereocenters. The fraction of sp³-hybridized carbons (Fsp3) is 0.438. The number of hydrogen-bond donors (Lipinski definition) is 1. The average Bonchev–Trinajstić information content (AvgIpc) is 2.53. The Morgan fingerprint density at radius 3 is 2.91 bits per heavy atom. The van der Waals surface area contributed by atoms with Gasteiger partial charge in [-0.15, -0.1) is 0 Å². The highest BCUT2D eigenvalue weighted by molar-refractivity contribution is 5.98. The lowest BCUT2D eigenvalue weighted by atomic mass is 10.1. The van der Waals surface area contributed by atoms with Gasteiger partial charge < -0.3 is 19.6 Å². The van der Waals surface area contributed by atoms with Gasteiger partial charge in [0.05, 0.1) is 17.7 Å². The van der Waals surface area contributed by atoms with Crippen molar-refractivity contribution in [3.63, 3.8) is 0 Å². The number of nitrogens with zero attached hydrogens (tertiary/aromatic N) is 3. The maximum Gasteiger partial charge on any atom is 0.308 e. The summed E-state index contributed by atoms with van der Waals surface area (Å²) in [5.41, 5.74) is 1.39. The third-order valence-electron chi connectivity index (χ3n) is 3.75. The molecule has 122 valence electrons. The molecule has 1 N–H and O–H groups in total. The topological polar surface area (TPSA) is 93.9 Å². The molecule has 1 aliphatic rings. The summed E-state index contributed by atoms with van der Waals surface area (Å²) in [6.45, 7) is 4.31. The SMILES string of the molecule is CCN1C(=O)COc2cc(N(CC#N)CC(C)C(=O)O)ccc21. The van der Waals surface area contributed by atoms with Crippen LogP contribution in [0.5, 0.6) is 5.75 Å². The molecule has 1 aromatic carbocycles. The number of carbonyl (C=O) groups excluding carboxylic acids is 1. The Morgan fingerprint density at radius 1 is 1.57 bits per heavy atom. The lowest BCUT2D eigenvalue weighted by molar-refractivity contribution is -0.140. The second kappa shape index (κ2) is 7.01. The summed E-state index contributed by atoms with van der Waals surface area (Å²) < 4.78 is 5.47. The second-order valence-electron chi connectivity index (χ2n) is 5.36. The van der Waals surface area contributed by atoms with Crippen LogP contribution in [0.2, 0.25) is 0 Å². The number of carbonyl (C=O) groups is 2. The number of nitriles is 1. The van der Waals surface area contributed by atoms with Gasteiger partial charge >= 0.3 is 5.97 Å². The average molecular weight is 317 g/mol. The number of rotatable bonds is 6. The summed E-state index contributed by atoms with van der Waals surface area (Å²) in [5.74, 6) is -1.05. The van der Waals surface area contributed by atoms with Crippen LogP contribution in [0.1, 0.15) is 13.8 Å². The summed E-state index contributed by atoms with van der Waals surface area (Å²) in [5, 5.41) is 18.0. The molecule has 0 saturated carbocycles. The van der Waals surface area contributed by atoms with Crippen LogP contribution < -0.4 is 14.5 Å². The Kier molecular flexibility index (Phi) is 5.06. The highest BCUT2D eigenvalue weighted by Gasteiger charge is 2.25. The summed E-state index contributed by atoms with van der Waals surface area (Å²) in [6.07, 6.45) is 0. The van der Waals surface area contributed by atoms with Crippen molar-refractivity contribution in [3.05, 3.63) is 18.2 Å². The molecule has 0 spiro atoms. The molecular formula is C16H19N3O4. The van der Waals surface area contributed by atoms with Crippen molar-refractivity contribution in [3.8, 4) is 11.8 Å². The number of fused-ring (bicyclic) bond motifs is 1. The van der Waals surface area contributed by atoms with Crippen molar-refractivity contribution >= 4 is 23.3 Å². The van der Waals surface area contributed by atoms with Gasteiger partial charge in [0, 0.05) is 24.8 Å². The van der Waals surface area contributed by atoms with Crippen molar-refractivity contribution in [2.24, 2.45) is 5.92 Å². The van der Waals surface area contributed by atoms with Crippen LogP contribution in [0.4, 0.5) is 11.4 Å². The van der Waals surface area contributed by atoms with Crippen molar-refractivity contribution in [1.82, 2.24) is 0 Å². The second-order valence-corrected chi connectivity index (χ2v) is 5.36. The van der Waals surface area contributed by atoms with Crippen LogP contribution >= 0.6 is 0 Å². The normalized spacial score (nSPS) is 14.5. The van der Waals surface area contributed by atoms with Gasteiger partial charge in [0.1, 0.15) is 12.3 Å². The number of carboxylic acid groups (broad SMARTS) is 1. The van der Waals surface area contributed by atoms with Gasteiger partial charge in [-0.1, -0.05) is 6.92 Å². The minimum absolute atomic E-state index is 0.0198. The molecule has 0 fully saturated rings. The number of amides is 1. The van der Waals surface area contributed by atoms with Crippen molar-refractivity contribution in [2.75, 3.05) is 36.0 Å². The van der Waals surface area contributed by atoms with Crippen LogP contribution in [0.15, 0.2) is 18.2 Å². The molecule has 1 heterocycles. The van der Waals surface area contributed by atoms with E-state index in [1.165, 1.54) is 0 Å². The lowest BCUT2D eigenvalue weighted by Gasteiger charge is -2.30. The zero-order chi connectivity index (χ0) is 17.0. The van der Waals surface area contributed by atoms with E-state index < -0.39 is 11.9 Å². The minimum Gasteiger partial charge on any atom is -0.481 e. The van der Waals surface area contributed by atoms with Gasteiger partial charge in [-0.3, -0.25) is 9.59 Å². The number of anilines is 2. The van der Waals surface area contributed by atoms with Crippen molar-refractivity contribution < 1.29 is 19.4 Å². The molecule has 1 aromatic rings.